The highest BCUT2D eigenvalue weighted by Gasteiger charge is 2.30. The molecule has 4 rings (SSSR count). The van der Waals surface area contributed by atoms with Gasteiger partial charge in [0.15, 0.2) is 5.82 Å². The van der Waals surface area contributed by atoms with Crippen LogP contribution < -0.4 is 0 Å². The molecule has 7 nitrogen and oxygen atoms in total. The molecule has 1 aromatic carbocycles. The first kappa shape index (κ1) is 17.4. The number of benzene rings is 1. The summed E-state index contributed by atoms with van der Waals surface area (Å²) in [6, 6.07) is 6.02. The van der Waals surface area contributed by atoms with Crippen LogP contribution in [0.25, 0.3) is 5.69 Å². The Labute approximate surface area is 155 Å². The number of carbonyl (C=O) groups excluding carboxylic acids is 1. The number of nitrogens with zero attached hydrogens (tertiary/aromatic N) is 5. The zero-order valence-electron chi connectivity index (χ0n) is 15.2. The molecule has 1 amide bonds. The van der Waals surface area contributed by atoms with Crippen molar-refractivity contribution in [2.24, 2.45) is 0 Å². The molecule has 0 spiro atoms. The summed E-state index contributed by atoms with van der Waals surface area (Å²) >= 11 is 0. The van der Waals surface area contributed by atoms with Crippen molar-refractivity contribution in [2.75, 3.05) is 13.1 Å². The molecule has 0 bridgehead atoms. The van der Waals surface area contributed by atoms with Gasteiger partial charge in [0, 0.05) is 13.1 Å². The number of halogens is 1. The summed E-state index contributed by atoms with van der Waals surface area (Å²) in [6.45, 7) is 4.85. The second kappa shape index (κ2) is 6.94. The molecule has 1 unspecified atom stereocenters. The van der Waals surface area contributed by atoms with Crippen LogP contribution >= 0.6 is 0 Å². The second-order valence-electron chi connectivity index (χ2n) is 6.80. The van der Waals surface area contributed by atoms with Crippen molar-refractivity contribution >= 4 is 5.91 Å². The Morgan fingerprint density at radius 2 is 2.04 bits per heavy atom. The monoisotopic (exact) mass is 369 g/mol. The molecule has 8 heteroatoms. The van der Waals surface area contributed by atoms with Gasteiger partial charge in [-0.05, 0) is 51.0 Å². The van der Waals surface area contributed by atoms with E-state index in [4.69, 9.17) is 4.52 Å². The Balaban J connectivity index is 1.55. The summed E-state index contributed by atoms with van der Waals surface area (Å²) in [6.07, 6.45) is 3.36. The third kappa shape index (κ3) is 3.34. The van der Waals surface area contributed by atoms with Gasteiger partial charge in [0.1, 0.15) is 5.82 Å². The van der Waals surface area contributed by atoms with E-state index in [1.807, 2.05) is 11.8 Å². The molecule has 1 atom stereocenters. The Kier molecular flexibility index (Phi) is 4.47. The number of amides is 1. The van der Waals surface area contributed by atoms with Gasteiger partial charge in [-0.2, -0.15) is 10.1 Å². The Morgan fingerprint density at radius 3 is 2.74 bits per heavy atom. The molecule has 2 aromatic heterocycles. The highest BCUT2D eigenvalue weighted by atomic mass is 19.1. The van der Waals surface area contributed by atoms with Crippen molar-refractivity contribution in [3.05, 3.63) is 59.3 Å². The van der Waals surface area contributed by atoms with Crippen LogP contribution in [0.3, 0.4) is 0 Å². The summed E-state index contributed by atoms with van der Waals surface area (Å²) in [4.78, 5) is 19.2. The van der Waals surface area contributed by atoms with Crippen LogP contribution in [-0.2, 0) is 0 Å². The van der Waals surface area contributed by atoms with Gasteiger partial charge in [-0.15, -0.1) is 0 Å². The molecule has 3 aromatic rings. The fourth-order valence-electron chi connectivity index (χ4n) is 3.47. The molecular formula is C19H20FN5O2. The van der Waals surface area contributed by atoms with Crippen molar-refractivity contribution in [3.8, 4) is 5.69 Å². The van der Waals surface area contributed by atoms with Gasteiger partial charge in [-0.25, -0.2) is 9.07 Å². The normalized spacial score (nSPS) is 17.3. The van der Waals surface area contributed by atoms with Gasteiger partial charge in [0.2, 0.25) is 5.89 Å². The number of hydrogen-bond acceptors (Lipinski definition) is 5. The van der Waals surface area contributed by atoms with Crippen molar-refractivity contribution in [1.82, 2.24) is 24.8 Å². The maximum atomic E-state index is 13.1. The lowest BCUT2D eigenvalue weighted by molar-refractivity contribution is 0.0695. The zero-order valence-corrected chi connectivity index (χ0v) is 15.2. The Hall–Kier alpha value is -3.03. The van der Waals surface area contributed by atoms with Gasteiger partial charge < -0.3 is 9.42 Å². The van der Waals surface area contributed by atoms with Crippen molar-refractivity contribution in [2.45, 2.75) is 32.6 Å². The highest BCUT2D eigenvalue weighted by molar-refractivity contribution is 5.95. The number of rotatable bonds is 3. The minimum absolute atomic E-state index is 0.0522. The van der Waals surface area contributed by atoms with E-state index in [0.29, 0.717) is 36.1 Å². The van der Waals surface area contributed by atoms with E-state index in [-0.39, 0.29) is 17.6 Å². The fourth-order valence-corrected chi connectivity index (χ4v) is 3.47. The smallest absolute Gasteiger partial charge is 0.257 e. The predicted octanol–water partition coefficient (Wildman–Crippen LogP) is 3.03. The summed E-state index contributed by atoms with van der Waals surface area (Å²) < 4.78 is 20.1. The van der Waals surface area contributed by atoms with Crippen LogP contribution in [0.5, 0.6) is 0 Å². The second-order valence-corrected chi connectivity index (χ2v) is 6.80. The van der Waals surface area contributed by atoms with Crippen LogP contribution in [0.4, 0.5) is 4.39 Å². The average molecular weight is 369 g/mol. The lowest BCUT2D eigenvalue weighted by Gasteiger charge is -2.31. The number of piperidine rings is 1. The van der Waals surface area contributed by atoms with Crippen LogP contribution in [0, 0.1) is 19.7 Å². The van der Waals surface area contributed by atoms with Crippen LogP contribution in [0.1, 0.15) is 46.5 Å². The molecule has 3 heterocycles. The fraction of sp³-hybridized carbons (Fsp3) is 0.368. The minimum atomic E-state index is -0.310. The highest BCUT2D eigenvalue weighted by Crippen LogP contribution is 2.27. The summed E-state index contributed by atoms with van der Waals surface area (Å²) in [5.74, 6) is 0.863. The number of hydrogen-bond donors (Lipinski definition) is 0. The Bertz CT molecular complexity index is 963. The van der Waals surface area contributed by atoms with E-state index in [1.54, 1.807) is 29.9 Å². The largest absolute Gasteiger partial charge is 0.339 e. The third-order valence-corrected chi connectivity index (χ3v) is 4.91. The maximum Gasteiger partial charge on any atom is 0.257 e. The van der Waals surface area contributed by atoms with E-state index < -0.39 is 0 Å². The lowest BCUT2D eigenvalue weighted by Crippen LogP contribution is -2.39. The van der Waals surface area contributed by atoms with E-state index in [0.717, 1.165) is 18.5 Å². The summed E-state index contributed by atoms with van der Waals surface area (Å²) in [7, 11) is 0. The first-order chi connectivity index (χ1) is 13.0. The topological polar surface area (TPSA) is 77.0 Å². The van der Waals surface area contributed by atoms with Gasteiger partial charge >= 0.3 is 0 Å². The molecule has 0 N–H and O–H groups in total. The molecule has 1 fully saturated rings. The quantitative estimate of drug-likeness (QED) is 0.709. The molecule has 0 radical (unpaired) electrons. The first-order valence-electron chi connectivity index (χ1n) is 8.93. The standard InChI is InChI=1S/C19H20FN5O2/c1-12-17(10-21-25(12)16-7-5-15(20)6-8-16)19(26)24-9-3-4-14(11-24)18-22-13(2)23-27-18/h5-8,10,14H,3-4,9,11H2,1-2H3. The Morgan fingerprint density at radius 1 is 1.26 bits per heavy atom. The molecule has 140 valence electrons. The number of carbonyl (C=O) groups is 1. The minimum Gasteiger partial charge on any atom is -0.339 e. The van der Waals surface area contributed by atoms with E-state index in [9.17, 15) is 9.18 Å². The third-order valence-electron chi connectivity index (χ3n) is 4.91. The SMILES string of the molecule is Cc1noc(C2CCCN(C(=O)c3cnn(-c4ccc(F)cc4)c3C)C2)n1. The van der Waals surface area contributed by atoms with E-state index >= 15 is 0 Å². The molecule has 0 aliphatic carbocycles. The molecule has 1 aliphatic heterocycles. The van der Waals surface area contributed by atoms with Gasteiger partial charge in [0.05, 0.1) is 29.1 Å². The number of aromatic nitrogens is 4. The molecule has 1 aliphatic rings. The van der Waals surface area contributed by atoms with Crippen molar-refractivity contribution in [3.63, 3.8) is 0 Å². The van der Waals surface area contributed by atoms with Crippen LogP contribution in [0.15, 0.2) is 35.0 Å². The molecule has 0 saturated carbocycles. The van der Waals surface area contributed by atoms with Gasteiger partial charge in [-0.1, -0.05) is 5.16 Å². The molecule has 27 heavy (non-hydrogen) atoms. The van der Waals surface area contributed by atoms with Crippen LogP contribution in [0.2, 0.25) is 0 Å². The van der Waals surface area contributed by atoms with Crippen LogP contribution in [-0.4, -0.2) is 43.8 Å². The molecular weight excluding hydrogens is 349 g/mol. The van der Waals surface area contributed by atoms with Gasteiger partial charge in [0.25, 0.3) is 5.91 Å². The number of likely N-dealkylation sites (tertiary alicyclic amines) is 1. The number of aryl methyl sites for hydroxylation is 1. The van der Waals surface area contributed by atoms with Crippen molar-refractivity contribution in [1.29, 1.82) is 0 Å². The molecule has 1 saturated heterocycles. The van der Waals surface area contributed by atoms with Gasteiger partial charge in [-0.3, -0.25) is 4.79 Å². The summed E-state index contributed by atoms with van der Waals surface area (Å²) in [5, 5.41) is 8.17. The lowest BCUT2D eigenvalue weighted by atomic mass is 9.97. The first-order valence-corrected chi connectivity index (χ1v) is 8.93. The average Bonchev–Trinajstić information content (AvgIpc) is 3.28. The van der Waals surface area contributed by atoms with E-state index in [2.05, 4.69) is 15.2 Å². The van der Waals surface area contributed by atoms with Crippen molar-refractivity contribution < 1.29 is 13.7 Å². The summed E-state index contributed by atoms with van der Waals surface area (Å²) in [5.41, 5.74) is 1.98. The van der Waals surface area contributed by atoms with E-state index in [1.165, 1.54) is 12.1 Å². The maximum absolute atomic E-state index is 13.1. The predicted molar refractivity (Wildman–Crippen MR) is 95.2 cm³/mol. The zero-order chi connectivity index (χ0) is 19.0.